The zero-order valence-electron chi connectivity index (χ0n) is 11.2. The van der Waals surface area contributed by atoms with Gasteiger partial charge in [0.05, 0.1) is 4.92 Å². The highest BCUT2D eigenvalue weighted by atomic mass is 16.6. The summed E-state index contributed by atoms with van der Waals surface area (Å²) in [7, 11) is 0. The third-order valence-corrected chi connectivity index (χ3v) is 3.01. The summed E-state index contributed by atoms with van der Waals surface area (Å²) in [4.78, 5) is 22.1. The molecule has 7 heteroatoms. The number of ether oxygens (including phenoxy) is 1. The maximum Gasteiger partial charge on any atom is 0.272 e. The van der Waals surface area contributed by atoms with E-state index >= 15 is 0 Å². The molecular formula is C14H13NO6. The van der Waals surface area contributed by atoms with Gasteiger partial charge >= 0.3 is 0 Å². The summed E-state index contributed by atoms with van der Waals surface area (Å²) in [5.41, 5.74) is 0.667. The van der Waals surface area contributed by atoms with Gasteiger partial charge in [-0.2, -0.15) is 0 Å². The van der Waals surface area contributed by atoms with Crippen molar-refractivity contribution in [3.05, 3.63) is 67.8 Å². The Balaban J connectivity index is 2.19. The predicted molar refractivity (Wildman–Crippen MR) is 73.1 cm³/mol. The molecule has 1 aromatic heterocycles. The molecule has 1 N–H and O–H groups in total. The molecule has 0 saturated carbocycles. The monoisotopic (exact) mass is 291 g/mol. The number of rotatable bonds is 5. The minimum absolute atomic E-state index is 0.00115. The van der Waals surface area contributed by atoms with Gasteiger partial charge in [0.2, 0.25) is 11.2 Å². The number of aliphatic hydroxyl groups excluding tert-OH is 1. The van der Waals surface area contributed by atoms with Crippen LogP contribution in [-0.2, 0) is 13.2 Å². The van der Waals surface area contributed by atoms with Crippen LogP contribution in [0.1, 0.15) is 16.9 Å². The highest BCUT2D eigenvalue weighted by Gasteiger charge is 2.14. The Morgan fingerprint density at radius 2 is 2.19 bits per heavy atom. The Morgan fingerprint density at radius 1 is 1.43 bits per heavy atom. The molecule has 0 aliphatic carbocycles. The van der Waals surface area contributed by atoms with Gasteiger partial charge in [-0.05, 0) is 12.5 Å². The average Bonchev–Trinajstić information content (AvgIpc) is 2.46. The molecule has 0 unspecified atom stereocenters. The van der Waals surface area contributed by atoms with E-state index in [1.807, 2.05) is 0 Å². The van der Waals surface area contributed by atoms with Gasteiger partial charge in [0.15, 0.2) is 0 Å². The molecule has 21 heavy (non-hydrogen) atoms. The van der Waals surface area contributed by atoms with Gasteiger partial charge in [0, 0.05) is 17.7 Å². The minimum atomic E-state index is -0.469. The SMILES string of the molecule is Cc1c(COc2coc(CO)cc2=O)cccc1[N+](=O)[O-]. The summed E-state index contributed by atoms with van der Waals surface area (Å²) >= 11 is 0. The van der Waals surface area contributed by atoms with Gasteiger partial charge in [-0.15, -0.1) is 0 Å². The van der Waals surface area contributed by atoms with Crippen molar-refractivity contribution in [3.8, 4) is 5.75 Å². The third kappa shape index (κ3) is 3.26. The zero-order valence-corrected chi connectivity index (χ0v) is 11.2. The van der Waals surface area contributed by atoms with Gasteiger partial charge in [0.25, 0.3) is 5.69 Å². The average molecular weight is 291 g/mol. The zero-order chi connectivity index (χ0) is 15.4. The van der Waals surface area contributed by atoms with Gasteiger partial charge in [0.1, 0.15) is 25.2 Å². The van der Waals surface area contributed by atoms with Gasteiger partial charge in [-0.3, -0.25) is 14.9 Å². The molecular weight excluding hydrogens is 278 g/mol. The molecule has 0 radical (unpaired) electrons. The molecule has 0 aliphatic rings. The molecule has 1 heterocycles. The highest BCUT2D eigenvalue weighted by Crippen LogP contribution is 2.22. The minimum Gasteiger partial charge on any atom is -0.482 e. The Kier molecular flexibility index (Phi) is 4.34. The van der Waals surface area contributed by atoms with Crippen molar-refractivity contribution in [2.45, 2.75) is 20.1 Å². The summed E-state index contributed by atoms with van der Waals surface area (Å²) in [6.45, 7) is 1.25. The molecule has 0 spiro atoms. The molecule has 1 aromatic carbocycles. The first kappa shape index (κ1) is 14.7. The lowest BCUT2D eigenvalue weighted by atomic mass is 10.1. The van der Waals surface area contributed by atoms with Crippen molar-refractivity contribution in [1.82, 2.24) is 0 Å². The van der Waals surface area contributed by atoms with Crippen LogP contribution >= 0.6 is 0 Å². The van der Waals surface area contributed by atoms with Crippen molar-refractivity contribution in [1.29, 1.82) is 0 Å². The van der Waals surface area contributed by atoms with E-state index in [1.165, 1.54) is 6.07 Å². The van der Waals surface area contributed by atoms with Crippen LogP contribution in [0, 0.1) is 17.0 Å². The lowest BCUT2D eigenvalue weighted by Gasteiger charge is -2.08. The van der Waals surface area contributed by atoms with Gasteiger partial charge < -0.3 is 14.3 Å². The summed E-state index contributed by atoms with van der Waals surface area (Å²) < 4.78 is 10.3. The summed E-state index contributed by atoms with van der Waals surface area (Å²) in [5, 5.41) is 19.7. The number of nitro benzene ring substituents is 1. The molecule has 2 aromatic rings. The van der Waals surface area contributed by atoms with E-state index in [9.17, 15) is 14.9 Å². The molecule has 0 amide bonds. The van der Waals surface area contributed by atoms with Crippen LogP contribution in [0.5, 0.6) is 5.75 Å². The van der Waals surface area contributed by atoms with E-state index in [0.29, 0.717) is 11.1 Å². The van der Waals surface area contributed by atoms with E-state index in [-0.39, 0.29) is 30.4 Å². The third-order valence-electron chi connectivity index (χ3n) is 3.01. The second-order valence-corrected chi connectivity index (χ2v) is 4.34. The summed E-state index contributed by atoms with van der Waals surface area (Å²) in [6, 6.07) is 5.78. The topological polar surface area (TPSA) is 103 Å². The summed E-state index contributed by atoms with van der Waals surface area (Å²) in [6.07, 6.45) is 1.11. The smallest absolute Gasteiger partial charge is 0.272 e. The first-order chi connectivity index (χ1) is 10.0. The second kappa shape index (κ2) is 6.19. The van der Waals surface area contributed by atoms with Crippen LogP contribution in [0.15, 0.2) is 39.7 Å². The fourth-order valence-corrected chi connectivity index (χ4v) is 1.81. The predicted octanol–water partition coefficient (Wildman–Crippen LogP) is 1.93. The molecule has 110 valence electrons. The number of benzene rings is 1. The Morgan fingerprint density at radius 3 is 2.81 bits per heavy atom. The maximum absolute atomic E-state index is 11.7. The van der Waals surface area contributed by atoms with Crippen molar-refractivity contribution in [2.24, 2.45) is 0 Å². The largest absolute Gasteiger partial charge is 0.482 e. The second-order valence-electron chi connectivity index (χ2n) is 4.34. The lowest BCUT2D eigenvalue weighted by Crippen LogP contribution is -2.09. The first-order valence-corrected chi connectivity index (χ1v) is 6.11. The molecule has 0 aliphatic heterocycles. The van der Waals surface area contributed by atoms with Crippen LogP contribution in [0.3, 0.4) is 0 Å². The molecule has 0 saturated heterocycles. The van der Waals surface area contributed by atoms with E-state index < -0.39 is 10.4 Å². The van der Waals surface area contributed by atoms with E-state index in [2.05, 4.69) is 0 Å². The standard InChI is InChI=1S/C14H13NO6/c1-9-10(3-2-4-12(9)15(18)19)7-21-14-8-20-11(6-16)5-13(14)17/h2-5,8,16H,6-7H2,1H3. The molecule has 0 atom stereocenters. The molecule has 0 fully saturated rings. The normalized spacial score (nSPS) is 10.4. The van der Waals surface area contributed by atoms with E-state index in [4.69, 9.17) is 14.3 Å². The first-order valence-electron chi connectivity index (χ1n) is 6.11. The van der Waals surface area contributed by atoms with Crippen molar-refractivity contribution in [3.63, 3.8) is 0 Å². The molecule has 2 rings (SSSR count). The van der Waals surface area contributed by atoms with Crippen LogP contribution < -0.4 is 10.2 Å². The summed E-state index contributed by atoms with van der Waals surface area (Å²) in [5.74, 6) is 0.122. The van der Waals surface area contributed by atoms with E-state index in [1.54, 1.807) is 19.1 Å². The Hall–Kier alpha value is -2.67. The van der Waals surface area contributed by atoms with Crippen molar-refractivity contribution < 1.29 is 19.2 Å². The van der Waals surface area contributed by atoms with Crippen molar-refractivity contribution in [2.75, 3.05) is 0 Å². The highest BCUT2D eigenvalue weighted by molar-refractivity contribution is 5.44. The number of nitrogens with zero attached hydrogens (tertiary/aromatic N) is 1. The Labute approximate surface area is 119 Å². The van der Waals surface area contributed by atoms with Gasteiger partial charge in [-0.25, -0.2) is 0 Å². The molecule has 0 bridgehead atoms. The van der Waals surface area contributed by atoms with Crippen LogP contribution in [-0.4, -0.2) is 10.0 Å². The molecule has 7 nitrogen and oxygen atoms in total. The van der Waals surface area contributed by atoms with Crippen LogP contribution in [0.25, 0.3) is 0 Å². The van der Waals surface area contributed by atoms with Crippen LogP contribution in [0.4, 0.5) is 5.69 Å². The fourth-order valence-electron chi connectivity index (χ4n) is 1.81. The fraction of sp³-hybridized carbons (Fsp3) is 0.214. The number of aliphatic hydroxyl groups is 1. The van der Waals surface area contributed by atoms with Gasteiger partial charge in [-0.1, -0.05) is 12.1 Å². The quantitative estimate of drug-likeness (QED) is 0.667. The maximum atomic E-state index is 11.7. The van der Waals surface area contributed by atoms with Crippen LogP contribution in [0.2, 0.25) is 0 Å². The number of hydrogen-bond acceptors (Lipinski definition) is 6. The Bertz CT molecular complexity index is 722. The van der Waals surface area contributed by atoms with Crippen molar-refractivity contribution >= 4 is 5.69 Å². The van der Waals surface area contributed by atoms with E-state index in [0.717, 1.165) is 12.3 Å². The number of nitro groups is 1. The lowest BCUT2D eigenvalue weighted by molar-refractivity contribution is -0.385. The number of hydrogen-bond donors (Lipinski definition) is 1.